The minimum absolute atomic E-state index is 0.376. The third-order valence-corrected chi connectivity index (χ3v) is 2.18. The molecule has 14 heavy (non-hydrogen) atoms. The summed E-state index contributed by atoms with van der Waals surface area (Å²) < 4.78 is 14.2. The summed E-state index contributed by atoms with van der Waals surface area (Å²) >= 11 is 0. The second-order valence-corrected chi connectivity index (χ2v) is 3.13. The minimum atomic E-state index is -1.11. The molecular formula is C10H8FNO2. The molecule has 0 radical (unpaired) electrons. The first-order valence-electron chi connectivity index (χ1n) is 4.10. The Bertz CT molecular complexity index is 516. The summed E-state index contributed by atoms with van der Waals surface area (Å²) in [6.45, 7) is 1.65. The average Bonchev–Trinajstić information content (AvgIpc) is 2.48. The number of hydrogen-bond donors (Lipinski definition) is 1. The number of aromatic nitrogens is 1. The molecule has 2 aromatic rings. The van der Waals surface area contributed by atoms with Crippen LogP contribution in [0.15, 0.2) is 24.4 Å². The van der Waals surface area contributed by atoms with E-state index in [4.69, 9.17) is 5.11 Å². The fraction of sp³-hybridized carbons (Fsp3) is 0.100. The Morgan fingerprint density at radius 1 is 1.50 bits per heavy atom. The molecule has 0 spiro atoms. The molecule has 1 aromatic heterocycles. The van der Waals surface area contributed by atoms with Gasteiger partial charge in [0.25, 0.3) is 0 Å². The largest absolute Gasteiger partial charge is 0.464 e. The van der Waals surface area contributed by atoms with Gasteiger partial charge in [0.2, 0.25) is 0 Å². The normalized spacial score (nSPS) is 10.7. The topological polar surface area (TPSA) is 42.2 Å². The molecule has 2 rings (SSSR count). The van der Waals surface area contributed by atoms with Crippen LogP contribution in [-0.4, -0.2) is 15.8 Å². The molecular weight excluding hydrogens is 185 g/mol. The van der Waals surface area contributed by atoms with E-state index in [1.54, 1.807) is 19.1 Å². The van der Waals surface area contributed by atoms with Crippen LogP contribution in [-0.2, 0) is 0 Å². The number of rotatable bonds is 0. The van der Waals surface area contributed by atoms with Gasteiger partial charge in [-0.25, -0.2) is 9.18 Å². The van der Waals surface area contributed by atoms with Gasteiger partial charge in [-0.3, -0.25) is 4.57 Å². The Hall–Kier alpha value is -1.84. The van der Waals surface area contributed by atoms with Crippen molar-refractivity contribution in [1.29, 1.82) is 0 Å². The third kappa shape index (κ3) is 1.16. The molecule has 0 saturated heterocycles. The molecule has 0 fully saturated rings. The number of fused-ring (bicyclic) bond motifs is 1. The number of aryl methyl sites for hydroxylation is 1. The van der Waals surface area contributed by atoms with Gasteiger partial charge in [-0.2, -0.15) is 0 Å². The number of halogens is 1. The summed E-state index contributed by atoms with van der Waals surface area (Å²) in [4.78, 5) is 10.7. The third-order valence-electron chi connectivity index (χ3n) is 2.18. The van der Waals surface area contributed by atoms with Crippen molar-refractivity contribution in [3.63, 3.8) is 0 Å². The van der Waals surface area contributed by atoms with Crippen LogP contribution >= 0.6 is 0 Å². The zero-order chi connectivity index (χ0) is 10.3. The molecule has 0 unspecified atom stereocenters. The van der Waals surface area contributed by atoms with Crippen molar-refractivity contribution >= 4 is 17.0 Å². The Balaban J connectivity index is 2.80. The molecule has 0 aliphatic heterocycles. The molecule has 0 atom stereocenters. The van der Waals surface area contributed by atoms with Crippen LogP contribution in [0, 0.1) is 12.7 Å². The zero-order valence-electron chi connectivity index (χ0n) is 7.49. The number of hydrogen-bond acceptors (Lipinski definition) is 1. The summed E-state index contributed by atoms with van der Waals surface area (Å²) in [5, 5.41) is 9.50. The Morgan fingerprint density at radius 2 is 2.21 bits per heavy atom. The maximum absolute atomic E-state index is 13.2. The van der Waals surface area contributed by atoms with Crippen LogP contribution in [0.2, 0.25) is 0 Å². The summed E-state index contributed by atoms with van der Waals surface area (Å²) in [6, 6.07) is 4.51. The molecule has 4 heteroatoms. The van der Waals surface area contributed by atoms with E-state index >= 15 is 0 Å². The molecule has 0 bridgehead atoms. The van der Waals surface area contributed by atoms with E-state index in [0.29, 0.717) is 11.1 Å². The highest BCUT2D eigenvalue weighted by Gasteiger charge is 2.08. The Labute approximate surface area is 79.4 Å². The van der Waals surface area contributed by atoms with Gasteiger partial charge < -0.3 is 5.11 Å². The first-order valence-corrected chi connectivity index (χ1v) is 4.10. The van der Waals surface area contributed by atoms with E-state index < -0.39 is 11.9 Å². The lowest BCUT2D eigenvalue weighted by Gasteiger charge is -1.99. The molecule has 0 aliphatic rings. The molecule has 3 nitrogen and oxygen atoms in total. The lowest BCUT2D eigenvalue weighted by atomic mass is 10.2. The number of nitrogens with zero attached hydrogens (tertiary/aromatic N) is 1. The lowest BCUT2D eigenvalue weighted by Crippen LogP contribution is -2.05. The maximum Gasteiger partial charge on any atom is 0.416 e. The SMILES string of the molecule is Cc1cc2ccn(C(=O)O)c2cc1F. The highest BCUT2D eigenvalue weighted by Crippen LogP contribution is 2.19. The predicted molar refractivity (Wildman–Crippen MR) is 50.1 cm³/mol. The van der Waals surface area contributed by atoms with E-state index in [1.165, 1.54) is 12.3 Å². The van der Waals surface area contributed by atoms with Crippen molar-refractivity contribution in [2.24, 2.45) is 0 Å². The predicted octanol–water partition coefficient (Wildman–Crippen LogP) is 2.61. The Kier molecular flexibility index (Phi) is 1.77. The van der Waals surface area contributed by atoms with Gasteiger partial charge in [-0.1, -0.05) is 0 Å². The molecule has 1 heterocycles. The van der Waals surface area contributed by atoms with Gasteiger partial charge in [0.15, 0.2) is 0 Å². The van der Waals surface area contributed by atoms with Gasteiger partial charge in [0.1, 0.15) is 5.82 Å². The summed E-state index contributed by atoms with van der Waals surface area (Å²) in [5.41, 5.74) is 0.890. The van der Waals surface area contributed by atoms with Crippen molar-refractivity contribution in [2.75, 3.05) is 0 Å². The van der Waals surface area contributed by atoms with Crippen LogP contribution in [0.3, 0.4) is 0 Å². The zero-order valence-corrected chi connectivity index (χ0v) is 7.49. The average molecular weight is 193 g/mol. The minimum Gasteiger partial charge on any atom is -0.464 e. The van der Waals surface area contributed by atoms with Crippen molar-refractivity contribution < 1.29 is 14.3 Å². The van der Waals surface area contributed by atoms with E-state index in [0.717, 1.165) is 9.95 Å². The lowest BCUT2D eigenvalue weighted by molar-refractivity contribution is 0.197. The van der Waals surface area contributed by atoms with Gasteiger partial charge in [0, 0.05) is 11.6 Å². The van der Waals surface area contributed by atoms with Crippen LogP contribution < -0.4 is 0 Å². The van der Waals surface area contributed by atoms with Crippen molar-refractivity contribution in [3.8, 4) is 0 Å². The van der Waals surface area contributed by atoms with E-state index in [2.05, 4.69) is 0 Å². The van der Waals surface area contributed by atoms with Gasteiger partial charge in [-0.05, 0) is 30.7 Å². The van der Waals surface area contributed by atoms with Crippen LogP contribution in [0.25, 0.3) is 10.9 Å². The molecule has 0 aliphatic carbocycles. The quantitative estimate of drug-likeness (QED) is 0.698. The van der Waals surface area contributed by atoms with Crippen molar-refractivity contribution in [1.82, 2.24) is 4.57 Å². The molecule has 1 N–H and O–H groups in total. The highest BCUT2D eigenvalue weighted by molar-refractivity contribution is 5.89. The van der Waals surface area contributed by atoms with E-state index in [1.807, 2.05) is 0 Å². The second kappa shape index (κ2) is 2.83. The van der Waals surface area contributed by atoms with Crippen LogP contribution in [0.1, 0.15) is 5.56 Å². The first kappa shape index (κ1) is 8.74. The van der Waals surface area contributed by atoms with E-state index in [-0.39, 0.29) is 0 Å². The first-order chi connectivity index (χ1) is 6.59. The summed E-state index contributed by atoms with van der Waals surface area (Å²) in [7, 11) is 0. The van der Waals surface area contributed by atoms with Crippen LogP contribution in [0.5, 0.6) is 0 Å². The maximum atomic E-state index is 13.2. The monoisotopic (exact) mass is 193 g/mol. The molecule has 1 aromatic carbocycles. The fourth-order valence-corrected chi connectivity index (χ4v) is 1.44. The van der Waals surface area contributed by atoms with Crippen molar-refractivity contribution in [3.05, 3.63) is 35.8 Å². The standard InChI is InChI=1S/C10H8FNO2/c1-6-4-7-2-3-12(10(13)14)9(7)5-8(6)11/h2-5H,1H3,(H,13,14). The van der Waals surface area contributed by atoms with Gasteiger partial charge in [0.05, 0.1) is 5.52 Å². The van der Waals surface area contributed by atoms with Gasteiger partial charge >= 0.3 is 6.09 Å². The van der Waals surface area contributed by atoms with Crippen LogP contribution in [0.4, 0.5) is 9.18 Å². The van der Waals surface area contributed by atoms with E-state index in [9.17, 15) is 9.18 Å². The smallest absolute Gasteiger partial charge is 0.416 e. The molecule has 0 amide bonds. The van der Waals surface area contributed by atoms with Crippen molar-refractivity contribution in [2.45, 2.75) is 6.92 Å². The molecule has 72 valence electrons. The second-order valence-electron chi connectivity index (χ2n) is 3.13. The summed E-state index contributed by atoms with van der Waals surface area (Å²) in [5.74, 6) is -0.390. The fourth-order valence-electron chi connectivity index (χ4n) is 1.44. The van der Waals surface area contributed by atoms with Gasteiger partial charge in [-0.15, -0.1) is 0 Å². The molecule has 0 saturated carbocycles. The Morgan fingerprint density at radius 3 is 2.86 bits per heavy atom. The number of carboxylic acid groups (broad SMARTS) is 1. The number of benzene rings is 1. The highest BCUT2D eigenvalue weighted by atomic mass is 19.1. The summed E-state index contributed by atoms with van der Waals surface area (Å²) in [6.07, 6.45) is 0.301. The number of carbonyl (C=O) groups is 1.